The highest BCUT2D eigenvalue weighted by Gasteiger charge is 2.09. The smallest absolute Gasteiger partial charge is 0.119 e. The van der Waals surface area contributed by atoms with Crippen LogP contribution in [0.25, 0.3) is 0 Å². The monoisotopic (exact) mass is 333 g/mol. The maximum Gasteiger partial charge on any atom is 0.119 e. The molecule has 2 nitrogen and oxygen atoms in total. The van der Waals surface area contributed by atoms with Crippen LogP contribution in [-0.2, 0) is 0 Å². The summed E-state index contributed by atoms with van der Waals surface area (Å²) in [7, 11) is 0. The predicted molar refractivity (Wildman–Crippen MR) is 87.2 cm³/mol. The average Bonchev–Trinajstić information content (AvgIpc) is 2.47. The van der Waals surface area contributed by atoms with E-state index in [0.717, 1.165) is 16.6 Å². The second-order valence-corrected chi connectivity index (χ2v) is 5.85. The summed E-state index contributed by atoms with van der Waals surface area (Å²) in [6.45, 7) is 3.42. The van der Waals surface area contributed by atoms with Gasteiger partial charge in [0.1, 0.15) is 5.75 Å². The van der Waals surface area contributed by atoms with Crippen molar-refractivity contribution in [3.05, 3.63) is 64.1 Å². The molecule has 0 radical (unpaired) electrons. The van der Waals surface area contributed by atoms with Gasteiger partial charge in [0.05, 0.1) is 6.61 Å². The number of benzene rings is 2. The Morgan fingerprint density at radius 3 is 2.30 bits per heavy atom. The second kappa shape index (κ2) is 7.46. The lowest BCUT2D eigenvalue weighted by molar-refractivity contribution is 0.298. The van der Waals surface area contributed by atoms with Crippen molar-refractivity contribution in [2.24, 2.45) is 5.73 Å². The van der Waals surface area contributed by atoms with Crippen LogP contribution in [0.15, 0.2) is 53.0 Å². The first-order valence-electron chi connectivity index (χ1n) is 6.84. The normalized spacial score (nSPS) is 12.2. The fraction of sp³-hybridized carbons (Fsp3) is 0.294. The molecule has 2 N–H and O–H groups in total. The number of aryl methyl sites for hydroxylation is 1. The number of halogens is 1. The molecule has 0 saturated heterocycles. The highest BCUT2D eigenvalue weighted by molar-refractivity contribution is 9.10. The van der Waals surface area contributed by atoms with Crippen LogP contribution in [0.3, 0.4) is 0 Å². The van der Waals surface area contributed by atoms with E-state index in [1.165, 1.54) is 11.1 Å². The van der Waals surface area contributed by atoms with E-state index in [1.54, 1.807) is 0 Å². The molecule has 3 heteroatoms. The molecule has 0 aliphatic heterocycles. The lowest BCUT2D eigenvalue weighted by atomic mass is 9.95. The summed E-state index contributed by atoms with van der Waals surface area (Å²) in [6.07, 6.45) is 0.926. The SMILES string of the molecule is Cc1ccc(C(CN)CCOc2ccc(Br)cc2)cc1. The lowest BCUT2D eigenvalue weighted by Crippen LogP contribution is -2.15. The van der Waals surface area contributed by atoms with Crippen LogP contribution in [0, 0.1) is 6.92 Å². The maximum absolute atomic E-state index is 5.88. The minimum absolute atomic E-state index is 0.353. The Morgan fingerprint density at radius 2 is 1.70 bits per heavy atom. The van der Waals surface area contributed by atoms with E-state index in [4.69, 9.17) is 10.5 Å². The quantitative estimate of drug-likeness (QED) is 0.856. The number of hydrogen-bond donors (Lipinski definition) is 1. The lowest BCUT2D eigenvalue weighted by Gasteiger charge is -2.16. The summed E-state index contributed by atoms with van der Waals surface area (Å²) in [5, 5.41) is 0. The number of nitrogens with two attached hydrogens (primary N) is 1. The van der Waals surface area contributed by atoms with Crippen molar-refractivity contribution in [3.63, 3.8) is 0 Å². The Labute approximate surface area is 129 Å². The van der Waals surface area contributed by atoms with Crippen molar-refractivity contribution in [2.45, 2.75) is 19.3 Å². The zero-order valence-corrected chi connectivity index (χ0v) is 13.3. The number of ether oxygens (including phenoxy) is 1. The van der Waals surface area contributed by atoms with Gasteiger partial charge < -0.3 is 10.5 Å². The van der Waals surface area contributed by atoms with Crippen LogP contribution in [0.5, 0.6) is 5.75 Å². The third-order valence-electron chi connectivity index (χ3n) is 3.38. The van der Waals surface area contributed by atoms with Crippen molar-refractivity contribution in [1.82, 2.24) is 0 Å². The fourth-order valence-corrected chi connectivity index (χ4v) is 2.37. The van der Waals surface area contributed by atoms with Gasteiger partial charge in [0.25, 0.3) is 0 Å². The van der Waals surface area contributed by atoms with Gasteiger partial charge in [-0.05, 0) is 55.6 Å². The maximum atomic E-state index is 5.88. The van der Waals surface area contributed by atoms with Crippen molar-refractivity contribution in [1.29, 1.82) is 0 Å². The molecule has 2 aromatic rings. The van der Waals surface area contributed by atoms with E-state index in [0.29, 0.717) is 19.1 Å². The van der Waals surface area contributed by atoms with Crippen molar-refractivity contribution in [2.75, 3.05) is 13.2 Å². The zero-order chi connectivity index (χ0) is 14.4. The number of rotatable bonds is 6. The van der Waals surface area contributed by atoms with Gasteiger partial charge in [-0.25, -0.2) is 0 Å². The van der Waals surface area contributed by atoms with Crippen LogP contribution >= 0.6 is 15.9 Å². The van der Waals surface area contributed by atoms with E-state index in [9.17, 15) is 0 Å². The molecule has 0 heterocycles. The third-order valence-corrected chi connectivity index (χ3v) is 3.91. The zero-order valence-electron chi connectivity index (χ0n) is 11.7. The molecule has 20 heavy (non-hydrogen) atoms. The van der Waals surface area contributed by atoms with Gasteiger partial charge in [-0.1, -0.05) is 45.8 Å². The molecule has 0 aromatic heterocycles. The van der Waals surface area contributed by atoms with E-state index >= 15 is 0 Å². The molecule has 0 aliphatic rings. The highest BCUT2D eigenvalue weighted by Crippen LogP contribution is 2.21. The molecule has 2 rings (SSSR count). The standard InChI is InChI=1S/C17H20BrNO/c1-13-2-4-14(5-3-13)15(12-19)10-11-20-17-8-6-16(18)7-9-17/h2-9,15H,10-12,19H2,1H3. The molecule has 0 spiro atoms. The summed E-state index contributed by atoms with van der Waals surface area (Å²) in [4.78, 5) is 0. The van der Waals surface area contributed by atoms with Crippen LogP contribution in [0.1, 0.15) is 23.5 Å². The first-order chi connectivity index (χ1) is 9.69. The van der Waals surface area contributed by atoms with E-state index < -0.39 is 0 Å². The molecule has 106 valence electrons. The minimum Gasteiger partial charge on any atom is -0.494 e. The fourth-order valence-electron chi connectivity index (χ4n) is 2.11. The molecule has 0 fully saturated rings. The van der Waals surface area contributed by atoms with E-state index in [1.807, 2.05) is 24.3 Å². The summed E-state index contributed by atoms with van der Waals surface area (Å²) >= 11 is 3.41. The Bertz CT molecular complexity index is 522. The molecule has 2 aromatic carbocycles. The Kier molecular flexibility index (Phi) is 5.62. The first-order valence-corrected chi connectivity index (χ1v) is 7.63. The van der Waals surface area contributed by atoms with E-state index in [2.05, 4.69) is 47.1 Å². The summed E-state index contributed by atoms with van der Waals surface area (Å²) < 4.78 is 6.82. The molecular formula is C17H20BrNO. The first kappa shape index (κ1) is 15.1. The van der Waals surface area contributed by atoms with Gasteiger partial charge >= 0.3 is 0 Å². The summed E-state index contributed by atoms with van der Waals surface area (Å²) in [6, 6.07) is 16.5. The van der Waals surface area contributed by atoms with Crippen molar-refractivity contribution >= 4 is 15.9 Å². The van der Waals surface area contributed by atoms with Gasteiger partial charge in [0.2, 0.25) is 0 Å². The van der Waals surface area contributed by atoms with Crippen molar-refractivity contribution < 1.29 is 4.74 Å². The third kappa shape index (κ3) is 4.36. The molecule has 1 unspecified atom stereocenters. The largest absolute Gasteiger partial charge is 0.494 e. The van der Waals surface area contributed by atoms with Gasteiger partial charge in [0.15, 0.2) is 0 Å². The summed E-state index contributed by atoms with van der Waals surface area (Å²) in [5.74, 6) is 1.25. The molecule has 0 bridgehead atoms. The van der Waals surface area contributed by atoms with Crippen LogP contribution in [0.2, 0.25) is 0 Å². The molecule has 0 saturated carbocycles. The summed E-state index contributed by atoms with van der Waals surface area (Å²) in [5.41, 5.74) is 8.44. The molecular weight excluding hydrogens is 314 g/mol. The van der Waals surface area contributed by atoms with E-state index in [-0.39, 0.29) is 0 Å². The van der Waals surface area contributed by atoms with Gasteiger partial charge in [-0.3, -0.25) is 0 Å². The van der Waals surface area contributed by atoms with Gasteiger partial charge in [-0.2, -0.15) is 0 Å². The Hall–Kier alpha value is -1.32. The molecule has 0 aliphatic carbocycles. The Morgan fingerprint density at radius 1 is 1.05 bits per heavy atom. The van der Waals surface area contributed by atoms with Crippen LogP contribution in [0.4, 0.5) is 0 Å². The average molecular weight is 334 g/mol. The molecule has 1 atom stereocenters. The van der Waals surface area contributed by atoms with Crippen LogP contribution in [-0.4, -0.2) is 13.2 Å². The molecule has 0 amide bonds. The van der Waals surface area contributed by atoms with Crippen molar-refractivity contribution in [3.8, 4) is 5.75 Å². The van der Waals surface area contributed by atoms with Crippen LogP contribution < -0.4 is 10.5 Å². The number of hydrogen-bond acceptors (Lipinski definition) is 2. The van der Waals surface area contributed by atoms with Gasteiger partial charge in [0, 0.05) is 4.47 Å². The van der Waals surface area contributed by atoms with Gasteiger partial charge in [-0.15, -0.1) is 0 Å². The second-order valence-electron chi connectivity index (χ2n) is 4.93. The highest BCUT2D eigenvalue weighted by atomic mass is 79.9. The minimum atomic E-state index is 0.353. The topological polar surface area (TPSA) is 35.2 Å². The predicted octanol–water partition coefficient (Wildman–Crippen LogP) is 4.27. The Balaban J connectivity index is 1.87.